The molecule has 0 aliphatic heterocycles. The molecule has 0 unspecified atom stereocenters. The highest BCUT2D eigenvalue weighted by molar-refractivity contribution is 5.89. The molecule has 2 N–H and O–H groups in total. The molecule has 146 valence electrons. The maximum absolute atomic E-state index is 10.6. The zero-order chi connectivity index (χ0) is 18.7. The van der Waals surface area contributed by atoms with Crippen LogP contribution in [0.3, 0.4) is 0 Å². The Morgan fingerprint density at radius 1 is 1.27 bits per heavy atom. The topological polar surface area (TPSA) is 62.0 Å². The first kappa shape index (κ1) is 18.5. The first-order valence-electron chi connectivity index (χ1n) is 10.5. The number of aliphatic hydroxyl groups excluding tert-OH is 1. The van der Waals surface area contributed by atoms with Crippen molar-refractivity contribution in [3.8, 4) is 0 Å². The van der Waals surface area contributed by atoms with Crippen LogP contribution in [0.5, 0.6) is 0 Å². The van der Waals surface area contributed by atoms with Gasteiger partial charge in [-0.3, -0.25) is 0 Å². The molecule has 8 atom stereocenters. The molecule has 4 fully saturated rings. The first-order valence-corrected chi connectivity index (χ1v) is 10.5. The van der Waals surface area contributed by atoms with Gasteiger partial charge in [0, 0.05) is 12.5 Å². The lowest BCUT2D eigenvalue weighted by molar-refractivity contribution is -0.146. The summed E-state index contributed by atoms with van der Waals surface area (Å²) in [4.78, 5) is 0. The van der Waals surface area contributed by atoms with E-state index >= 15 is 0 Å². The van der Waals surface area contributed by atoms with Crippen LogP contribution in [0.1, 0.15) is 65.7 Å². The van der Waals surface area contributed by atoms with Gasteiger partial charge < -0.3 is 15.1 Å². The maximum atomic E-state index is 10.6. The van der Waals surface area contributed by atoms with Crippen molar-refractivity contribution >= 4 is 5.71 Å². The molecule has 0 bridgehead atoms. The van der Waals surface area contributed by atoms with Gasteiger partial charge in [-0.25, -0.2) is 0 Å². The van der Waals surface area contributed by atoms with E-state index in [0.717, 1.165) is 31.4 Å². The number of fused-ring (bicyclic) bond motifs is 5. The Morgan fingerprint density at radius 3 is 2.73 bits per heavy atom. The fourth-order valence-corrected chi connectivity index (χ4v) is 7.49. The lowest BCUT2D eigenvalue weighted by Crippen LogP contribution is -2.59. The minimum Gasteiger partial charge on any atom is -0.411 e. The van der Waals surface area contributed by atoms with E-state index in [0.29, 0.717) is 30.3 Å². The fourth-order valence-electron chi connectivity index (χ4n) is 7.49. The smallest absolute Gasteiger partial charge is 0.0839 e. The standard InChI is InChI=1S/C22H35NO3/c1-5-26-19-12-22(4)14(10-18(19)24)7-8-15-16-9-6-13(2)21(16,3)11-17(23-25)20(15)22/h14-16,18-20,24-25H,2,5-12H2,1,3-4H3/t14-,15-,16-,18-,19-,20+,21+,22-/m0/s1. The SMILES string of the molecule is C=C1CC[C@H]2[C@@H]3CC[C@H]4C[C@H](O)[C@@H](OCC)C[C@]4(C)[C@H]3C(=NO)C[C@]12C. The van der Waals surface area contributed by atoms with E-state index in [1.807, 2.05) is 6.92 Å². The maximum Gasteiger partial charge on any atom is 0.0839 e. The van der Waals surface area contributed by atoms with E-state index in [1.165, 1.54) is 24.8 Å². The molecule has 4 aliphatic rings. The molecule has 26 heavy (non-hydrogen) atoms. The lowest BCUT2D eigenvalue weighted by Gasteiger charge is -2.61. The summed E-state index contributed by atoms with van der Waals surface area (Å²) in [6.07, 6.45) is 6.78. The van der Waals surface area contributed by atoms with Crippen molar-refractivity contribution in [3.05, 3.63) is 12.2 Å². The number of aliphatic hydroxyl groups is 1. The quantitative estimate of drug-likeness (QED) is 0.435. The van der Waals surface area contributed by atoms with Crippen molar-refractivity contribution in [3.63, 3.8) is 0 Å². The van der Waals surface area contributed by atoms with Gasteiger partial charge in [0.1, 0.15) is 0 Å². The molecular formula is C22H35NO3. The van der Waals surface area contributed by atoms with Gasteiger partial charge in [-0.15, -0.1) is 0 Å². The molecule has 0 radical (unpaired) electrons. The summed E-state index contributed by atoms with van der Waals surface area (Å²) in [6.45, 7) is 11.7. The second-order valence-corrected chi connectivity index (χ2v) is 9.86. The van der Waals surface area contributed by atoms with Gasteiger partial charge in [-0.05, 0) is 80.5 Å². The predicted molar refractivity (Wildman–Crippen MR) is 102 cm³/mol. The highest BCUT2D eigenvalue weighted by atomic mass is 16.5. The monoisotopic (exact) mass is 361 g/mol. The molecule has 4 nitrogen and oxygen atoms in total. The number of hydrogen-bond donors (Lipinski definition) is 2. The number of allylic oxidation sites excluding steroid dienone is 1. The molecule has 0 spiro atoms. The van der Waals surface area contributed by atoms with Crippen LogP contribution in [0.25, 0.3) is 0 Å². The largest absolute Gasteiger partial charge is 0.411 e. The summed E-state index contributed by atoms with van der Waals surface area (Å²) in [7, 11) is 0. The van der Waals surface area contributed by atoms with Crippen molar-refractivity contribution in [2.75, 3.05) is 6.61 Å². The Kier molecular flexibility index (Phi) is 4.51. The number of nitrogens with zero attached hydrogens (tertiary/aromatic N) is 1. The molecule has 0 saturated heterocycles. The van der Waals surface area contributed by atoms with Crippen LogP contribution in [-0.4, -0.2) is 34.8 Å². The Bertz CT molecular complexity index is 617. The predicted octanol–water partition coefficient (Wildman–Crippen LogP) is 4.40. The average molecular weight is 362 g/mol. The van der Waals surface area contributed by atoms with Crippen LogP contribution in [0.15, 0.2) is 17.3 Å². The van der Waals surface area contributed by atoms with Crippen molar-refractivity contribution in [2.45, 2.75) is 77.9 Å². The fraction of sp³-hybridized carbons (Fsp3) is 0.864. The van der Waals surface area contributed by atoms with Crippen molar-refractivity contribution in [2.24, 2.45) is 39.7 Å². The van der Waals surface area contributed by atoms with Gasteiger partial charge in [0.05, 0.1) is 17.9 Å². The third-order valence-corrected chi connectivity index (χ3v) is 8.83. The molecule has 0 aromatic heterocycles. The van der Waals surface area contributed by atoms with Crippen LogP contribution in [0, 0.1) is 34.5 Å². The van der Waals surface area contributed by atoms with E-state index in [1.54, 1.807) is 0 Å². The second-order valence-electron chi connectivity index (χ2n) is 9.86. The van der Waals surface area contributed by atoms with E-state index in [4.69, 9.17) is 4.74 Å². The molecule has 0 heterocycles. The van der Waals surface area contributed by atoms with Crippen LogP contribution in [0.4, 0.5) is 0 Å². The lowest BCUT2D eigenvalue weighted by atomic mass is 9.44. The molecule has 0 amide bonds. The zero-order valence-corrected chi connectivity index (χ0v) is 16.6. The van der Waals surface area contributed by atoms with Gasteiger partial charge in [-0.1, -0.05) is 31.2 Å². The van der Waals surface area contributed by atoms with Crippen LogP contribution in [0.2, 0.25) is 0 Å². The van der Waals surface area contributed by atoms with E-state index < -0.39 is 0 Å². The van der Waals surface area contributed by atoms with Gasteiger partial charge >= 0.3 is 0 Å². The minimum absolute atomic E-state index is 0.0504. The zero-order valence-electron chi connectivity index (χ0n) is 16.6. The van der Waals surface area contributed by atoms with Gasteiger partial charge in [0.15, 0.2) is 0 Å². The number of ether oxygens (including phenoxy) is 1. The minimum atomic E-state index is -0.362. The summed E-state index contributed by atoms with van der Waals surface area (Å²) in [5, 5.41) is 24.4. The summed E-state index contributed by atoms with van der Waals surface area (Å²) >= 11 is 0. The van der Waals surface area contributed by atoms with Crippen molar-refractivity contribution in [1.29, 1.82) is 0 Å². The second kappa shape index (κ2) is 6.34. The van der Waals surface area contributed by atoms with E-state index in [-0.39, 0.29) is 23.0 Å². The van der Waals surface area contributed by atoms with E-state index in [9.17, 15) is 10.3 Å². The summed E-state index contributed by atoms with van der Waals surface area (Å²) in [6, 6.07) is 0. The Balaban J connectivity index is 1.71. The molecule has 0 aromatic rings. The molecule has 4 heteroatoms. The highest BCUT2D eigenvalue weighted by Gasteiger charge is 2.62. The molecular weight excluding hydrogens is 326 g/mol. The van der Waals surface area contributed by atoms with Crippen molar-refractivity contribution < 1.29 is 15.1 Å². The normalized spacial score (nSPS) is 52.5. The van der Waals surface area contributed by atoms with Crippen LogP contribution in [-0.2, 0) is 4.74 Å². The Labute approximate surface area is 157 Å². The summed E-state index contributed by atoms with van der Waals surface area (Å²) in [5.41, 5.74) is 2.48. The number of oxime groups is 1. The van der Waals surface area contributed by atoms with Crippen molar-refractivity contribution in [1.82, 2.24) is 0 Å². The average Bonchev–Trinajstić information content (AvgIpc) is 2.90. The molecule has 0 aromatic carbocycles. The number of rotatable bonds is 2. The summed E-state index contributed by atoms with van der Waals surface area (Å²) in [5.74, 6) is 2.02. The molecule has 4 rings (SSSR count). The Hall–Kier alpha value is -0.870. The van der Waals surface area contributed by atoms with Gasteiger partial charge in [0.25, 0.3) is 0 Å². The van der Waals surface area contributed by atoms with Crippen LogP contribution < -0.4 is 0 Å². The van der Waals surface area contributed by atoms with E-state index in [2.05, 4.69) is 25.6 Å². The van der Waals surface area contributed by atoms with Gasteiger partial charge in [0.2, 0.25) is 0 Å². The first-order chi connectivity index (χ1) is 12.3. The number of hydrogen-bond acceptors (Lipinski definition) is 4. The Morgan fingerprint density at radius 2 is 2.04 bits per heavy atom. The third kappa shape index (κ3) is 2.44. The molecule has 4 saturated carbocycles. The van der Waals surface area contributed by atoms with Crippen LogP contribution >= 0.6 is 0 Å². The summed E-state index contributed by atoms with van der Waals surface area (Å²) < 4.78 is 5.91. The third-order valence-electron chi connectivity index (χ3n) is 8.83. The molecule has 4 aliphatic carbocycles. The van der Waals surface area contributed by atoms with Gasteiger partial charge in [-0.2, -0.15) is 0 Å². The highest BCUT2D eigenvalue weighted by Crippen LogP contribution is 2.66.